The van der Waals surface area contributed by atoms with E-state index in [2.05, 4.69) is 10.6 Å². The molecule has 10 nitrogen and oxygen atoms in total. The fourth-order valence-corrected chi connectivity index (χ4v) is 4.67. The van der Waals surface area contributed by atoms with E-state index in [9.17, 15) is 18.0 Å². The summed E-state index contributed by atoms with van der Waals surface area (Å²) in [5.74, 6) is -0.293. The molecule has 0 aliphatic carbocycles. The summed E-state index contributed by atoms with van der Waals surface area (Å²) in [7, 11) is -0.971. The summed E-state index contributed by atoms with van der Waals surface area (Å²) in [6.45, 7) is 2.47. The molecule has 2 N–H and O–H groups in total. The number of amides is 2. The topological polar surface area (TPSA) is 123 Å². The van der Waals surface area contributed by atoms with Gasteiger partial charge < -0.3 is 24.8 Å². The van der Waals surface area contributed by atoms with E-state index in [1.54, 1.807) is 18.2 Å². The number of carbonyl (C=O) groups is 2. The molecule has 0 aromatic heterocycles. The van der Waals surface area contributed by atoms with Crippen molar-refractivity contribution in [2.45, 2.75) is 11.8 Å². The first-order chi connectivity index (χ1) is 15.3. The molecule has 1 aliphatic rings. The van der Waals surface area contributed by atoms with Crippen LogP contribution in [0.25, 0.3) is 0 Å². The minimum atomic E-state index is -3.80. The second-order valence-electron chi connectivity index (χ2n) is 6.93. The van der Waals surface area contributed by atoms with Crippen LogP contribution in [0, 0.1) is 0 Å². The van der Waals surface area contributed by atoms with Gasteiger partial charge in [0.2, 0.25) is 15.9 Å². The van der Waals surface area contributed by atoms with Crippen molar-refractivity contribution < 1.29 is 32.2 Å². The summed E-state index contributed by atoms with van der Waals surface area (Å²) in [5, 5.41) is 5.33. The summed E-state index contributed by atoms with van der Waals surface area (Å²) >= 11 is 0. The Morgan fingerprint density at radius 1 is 0.969 bits per heavy atom. The minimum absolute atomic E-state index is 0.0238. The molecule has 0 atom stereocenters. The third kappa shape index (κ3) is 5.18. The van der Waals surface area contributed by atoms with Crippen LogP contribution in [0.15, 0.2) is 41.3 Å². The number of anilines is 2. The van der Waals surface area contributed by atoms with E-state index in [-0.39, 0.29) is 35.2 Å². The number of nitrogens with one attached hydrogen (secondary N) is 2. The van der Waals surface area contributed by atoms with Crippen LogP contribution in [0.1, 0.15) is 17.3 Å². The Morgan fingerprint density at radius 2 is 1.62 bits per heavy atom. The van der Waals surface area contributed by atoms with Gasteiger partial charge in [-0.3, -0.25) is 9.59 Å². The Balaban J connectivity index is 1.94. The molecule has 0 bridgehead atoms. The van der Waals surface area contributed by atoms with Crippen molar-refractivity contribution in [2.24, 2.45) is 0 Å². The number of sulfonamides is 1. The van der Waals surface area contributed by atoms with Crippen molar-refractivity contribution >= 4 is 33.2 Å². The average molecular weight is 464 g/mol. The lowest BCUT2D eigenvalue weighted by Gasteiger charge is -2.26. The average Bonchev–Trinajstić information content (AvgIpc) is 2.79. The van der Waals surface area contributed by atoms with Gasteiger partial charge in [-0.2, -0.15) is 4.31 Å². The SMILES string of the molecule is COc1ccc(NC(C)=O)cc1NC(=O)c1cc(S(=O)(=O)N2CCOCC2)ccc1OC. The molecule has 172 valence electrons. The van der Waals surface area contributed by atoms with Gasteiger partial charge in [-0.05, 0) is 36.4 Å². The lowest BCUT2D eigenvalue weighted by molar-refractivity contribution is -0.114. The fraction of sp³-hybridized carbons (Fsp3) is 0.333. The van der Waals surface area contributed by atoms with E-state index in [1.165, 1.54) is 43.6 Å². The quantitative estimate of drug-likeness (QED) is 0.643. The normalized spacial score (nSPS) is 14.5. The summed E-state index contributed by atoms with van der Waals surface area (Å²) in [4.78, 5) is 24.4. The standard InChI is InChI=1S/C21H25N3O7S/c1-14(25)22-15-4-6-20(30-3)18(12-15)23-21(26)17-13-16(5-7-19(17)29-2)32(27,28)24-8-10-31-11-9-24/h4-7,12-13H,8-11H2,1-3H3,(H,22,25)(H,23,26). The molecule has 1 saturated heterocycles. The monoisotopic (exact) mass is 463 g/mol. The fourth-order valence-electron chi connectivity index (χ4n) is 3.24. The highest BCUT2D eigenvalue weighted by Crippen LogP contribution is 2.30. The Kier molecular flexibility index (Phi) is 7.33. The number of ether oxygens (including phenoxy) is 3. The van der Waals surface area contributed by atoms with Crippen LogP contribution in [-0.4, -0.2) is 65.1 Å². The number of rotatable bonds is 7. The number of hydrogen-bond acceptors (Lipinski definition) is 7. The zero-order valence-corrected chi connectivity index (χ0v) is 18.8. The van der Waals surface area contributed by atoms with Gasteiger partial charge in [0.15, 0.2) is 0 Å². The first kappa shape index (κ1) is 23.5. The van der Waals surface area contributed by atoms with Crippen molar-refractivity contribution in [1.29, 1.82) is 0 Å². The van der Waals surface area contributed by atoms with Crippen LogP contribution in [0.2, 0.25) is 0 Å². The van der Waals surface area contributed by atoms with Crippen LogP contribution < -0.4 is 20.1 Å². The van der Waals surface area contributed by atoms with Crippen LogP contribution >= 0.6 is 0 Å². The number of hydrogen-bond donors (Lipinski definition) is 2. The zero-order valence-electron chi connectivity index (χ0n) is 18.0. The van der Waals surface area contributed by atoms with Crippen LogP contribution in [0.3, 0.4) is 0 Å². The Morgan fingerprint density at radius 3 is 2.25 bits per heavy atom. The van der Waals surface area contributed by atoms with E-state index >= 15 is 0 Å². The smallest absolute Gasteiger partial charge is 0.259 e. The van der Waals surface area contributed by atoms with Crippen LogP contribution in [-0.2, 0) is 19.6 Å². The molecule has 0 spiro atoms. The van der Waals surface area contributed by atoms with Crippen molar-refractivity contribution in [3.63, 3.8) is 0 Å². The Bertz CT molecular complexity index is 1110. The summed E-state index contributed by atoms with van der Waals surface area (Å²) in [6.07, 6.45) is 0. The first-order valence-corrected chi connectivity index (χ1v) is 11.2. The number of nitrogens with zero attached hydrogens (tertiary/aromatic N) is 1. The van der Waals surface area contributed by atoms with Crippen molar-refractivity contribution in [3.8, 4) is 11.5 Å². The number of methoxy groups -OCH3 is 2. The van der Waals surface area contributed by atoms with Gasteiger partial charge >= 0.3 is 0 Å². The molecule has 0 radical (unpaired) electrons. The van der Waals surface area contributed by atoms with Crippen molar-refractivity contribution in [1.82, 2.24) is 4.31 Å². The lowest BCUT2D eigenvalue weighted by atomic mass is 10.1. The molecule has 0 saturated carbocycles. The van der Waals surface area contributed by atoms with Gasteiger partial charge in [0.1, 0.15) is 11.5 Å². The molecule has 11 heteroatoms. The zero-order chi connectivity index (χ0) is 23.3. The van der Waals surface area contributed by atoms with Gasteiger partial charge in [0.25, 0.3) is 5.91 Å². The largest absolute Gasteiger partial charge is 0.496 e. The molecule has 3 rings (SSSR count). The second kappa shape index (κ2) is 9.98. The number of carbonyl (C=O) groups excluding carboxylic acids is 2. The highest BCUT2D eigenvalue weighted by atomic mass is 32.2. The highest BCUT2D eigenvalue weighted by molar-refractivity contribution is 7.89. The van der Waals surface area contributed by atoms with E-state index < -0.39 is 15.9 Å². The lowest BCUT2D eigenvalue weighted by Crippen LogP contribution is -2.40. The second-order valence-corrected chi connectivity index (χ2v) is 8.87. The van der Waals surface area contributed by atoms with Gasteiger partial charge in [-0.25, -0.2) is 8.42 Å². The first-order valence-electron chi connectivity index (χ1n) is 9.79. The third-order valence-electron chi connectivity index (χ3n) is 4.79. The summed E-state index contributed by atoms with van der Waals surface area (Å²) in [6, 6.07) is 8.89. The molecule has 1 fully saturated rings. The number of benzene rings is 2. The minimum Gasteiger partial charge on any atom is -0.496 e. The molecule has 2 amide bonds. The Hall–Kier alpha value is -3.15. The molecule has 2 aromatic carbocycles. The number of morpholine rings is 1. The maximum atomic E-state index is 13.1. The van der Waals surface area contributed by atoms with E-state index in [1.807, 2.05) is 0 Å². The molecule has 32 heavy (non-hydrogen) atoms. The molecular weight excluding hydrogens is 438 g/mol. The van der Waals surface area contributed by atoms with E-state index in [0.29, 0.717) is 30.3 Å². The Labute approximate surface area is 186 Å². The van der Waals surface area contributed by atoms with E-state index in [4.69, 9.17) is 14.2 Å². The van der Waals surface area contributed by atoms with Gasteiger partial charge in [0.05, 0.1) is 43.6 Å². The summed E-state index contributed by atoms with van der Waals surface area (Å²) in [5.41, 5.74) is 0.797. The third-order valence-corrected chi connectivity index (χ3v) is 6.69. The maximum absolute atomic E-state index is 13.1. The molecule has 1 heterocycles. The van der Waals surface area contributed by atoms with Crippen molar-refractivity contribution in [3.05, 3.63) is 42.0 Å². The summed E-state index contributed by atoms with van der Waals surface area (Å²) < 4.78 is 43.1. The van der Waals surface area contributed by atoms with Gasteiger partial charge in [-0.15, -0.1) is 0 Å². The predicted molar refractivity (Wildman–Crippen MR) is 118 cm³/mol. The van der Waals surface area contributed by atoms with Crippen LogP contribution in [0.5, 0.6) is 11.5 Å². The van der Waals surface area contributed by atoms with Gasteiger partial charge in [0, 0.05) is 25.7 Å². The van der Waals surface area contributed by atoms with Crippen molar-refractivity contribution in [2.75, 3.05) is 51.2 Å². The maximum Gasteiger partial charge on any atom is 0.259 e. The highest BCUT2D eigenvalue weighted by Gasteiger charge is 2.28. The van der Waals surface area contributed by atoms with E-state index in [0.717, 1.165) is 0 Å². The molecule has 1 aliphatic heterocycles. The molecule has 0 unspecified atom stereocenters. The van der Waals surface area contributed by atoms with Crippen LogP contribution in [0.4, 0.5) is 11.4 Å². The molecule has 2 aromatic rings. The molecular formula is C21H25N3O7S. The van der Waals surface area contributed by atoms with Gasteiger partial charge in [-0.1, -0.05) is 0 Å². The predicted octanol–water partition coefficient (Wildman–Crippen LogP) is 1.94.